The Balaban J connectivity index is 3.11. The molecule has 0 amide bonds. The Labute approximate surface area is 98.0 Å². The van der Waals surface area contributed by atoms with Crippen molar-refractivity contribution < 1.29 is 8.76 Å². The fraction of sp³-hybridized carbons (Fsp3) is 0.400. The molecule has 6 heteroatoms. The lowest BCUT2D eigenvalue weighted by atomic mass is 10.1. The summed E-state index contributed by atoms with van der Waals surface area (Å²) < 4.78 is 21.3. The molecule has 16 heavy (non-hydrogen) atoms. The minimum atomic E-state index is -2.32. The third-order valence-corrected chi connectivity index (χ3v) is 2.96. The molecule has 0 fully saturated rings. The van der Waals surface area contributed by atoms with Gasteiger partial charge in [-0.25, -0.2) is 0 Å². The summed E-state index contributed by atoms with van der Waals surface area (Å²) >= 11 is -2.32. The van der Waals surface area contributed by atoms with Gasteiger partial charge < -0.3 is 10.3 Å². The molecule has 0 heterocycles. The molecule has 0 saturated heterocycles. The maximum absolute atomic E-state index is 10.6. The predicted octanol–water partition coefficient (Wildman–Crippen LogP) is 1.01. The number of nitrogens with one attached hydrogen (secondary N) is 1. The second-order valence-electron chi connectivity index (χ2n) is 3.49. The molecule has 1 atom stereocenters. The Morgan fingerprint density at radius 3 is 2.56 bits per heavy atom. The van der Waals surface area contributed by atoms with Crippen LogP contribution in [0.25, 0.3) is 0 Å². The first-order valence-corrected chi connectivity index (χ1v) is 6.03. The largest absolute Gasteiger partial charge is 0.759 e. The van der Waals surface area contributed by atoms with Crippen LogP contribution in [0.5, 0.6) is 0 Å². The summed E-state index contributed by atoms with van der Waals surface area (Å²) in [7, 11) is 0. The quantitative estimate of drug-likeness (QED) is 0.469. The van der Waals surface area contributed by atoms with E-state index in [1.54, 1.807) is 17.1 Å². The molecule has 1 aromatic carbocycles. The number of benzene rings is 1. The first-order chi connectivity index (χ1) is 7.47. The number of nitrogens with zero attached hydrogens (tertiary/aromatic N) is 1. The Bertz CT molecular complexity index is 409. The molecule has 0 saturated carbocycles. The third kappa shape index (κ3) is 2.72. The molecule has 1 unspecified atom stereocenters. The normalized spacial score (nSPS) is 12.5. The zero-order valence-corrected chi connectivity index (χ0v) is 10.4. The van der Waals surface area contributed by atoms with Crippen LogP contribution in [0.15, 0.2) is 12.1 Å². The van der Waals surface area contributed by atoms with E-state index in [0.717, 1.165) is 16.8 Å². The van der Waals surface area contributed by atoms with Crippen LogP contribution in [0, 0.1) is 13.8 Å². The topological polar surface area (TPSA) is 81.4 Å². The highest BCUT2D eigenvalue weighted by molar-refractivity contribution is 7.77. The van der Waals surface area contributed by atoms with Gasteiger partial charge in [0.2, 0.25) is 0 Å². The average molecular weight is 242 g/mol. The van der Waals surface area contributed by atoms with Crippen LogP contribution < -0.4 is 15.6 Å². The molecule has 0 aromatic heterocycles. The number of nitrogen functional groups attached to an aromatic ring is 1. The van der Waals surface area contributed by atoms with Gasteiger partial charge in [-0.05, 0) is 44.0 Å². The van der Waals surface area contributed by atoms with E-state index >= 15 is 0 Å². The monoisotopic (exact) mass is 242 g/mol. The number of hydrogen-bond acceptors (Lipinski definition) is 4. The van der Waals surface area contributed by atoms with Crippen LogP contribution in [0.4, 0.5) is 11.4 Å². The Morgan fingerprint density at radius 1 is 1.44 bits per heavy atom. The standard InChI is InChI=1S/C10H17N3O2S/c1-4-13(12-16(14)15)10-6-5-9(11)7(2)8(10)3/h5-6,12H,4,11H2,1-3H3,(H,14,15)/p-1. The van der Waals surface area contributed by atoms with Crippen LogP contribution in [-0.2, 0) is 11.3 Å². The van der Waals surface area contributed by atoms with Gasteiger partial charge >= 0.3 is 0 Å². The second kappa shape index (κ2) is 5.29. The van der Waals surface area contributed by atoms with Gasteiger partial charge in [0.1, 0.15) is 0 Å². The molecule has 0 aliphatic carbocycles. The van der Waals surface area contributed by atoms with Gasteiger partial charge in [-0.15, -0.1) is 0 Å². The van der Waals surface area contributed by atoms with Crippen molar-refractivity contribution in [1.82, 2.24) is 4.83 Å². The zero-order valence-electron chi connectivity index (χ0n) is 9.61. The van der Waals surface area contributed by atoms with Gasteiger partial charge in [0.15, 0.2) is 0 Å². The predicted molar refractivity (Wildman–Crippen MR) is 65.4 cm³/mol. The molecule has 0 spiro atoms. The van der Waals surface area contributed by atoms with Crippen LogP contribution >= 0.6 is 0 Å². The van der Waals surface area contributed by atoms with Gasteiger partial charge in [-0.1, -0.05) is 0 Å². The van der Waals surface area contributed by atoms with Gasteiger partial charge in [-0.3, -0.25) is 9.22 Å². The first kappa shape index (κ1) is 13.0. The molecular formula is C10H16N3O2S-. The molecule has 1 aromatic rings. The summed E-state index contributed by atoms with van der Waals surface area (Å²) in [6.07, 6.45) is 0. The summed E-state index contributed by atoms with van der Waals surface area (Å²) in [4.78, 5) is 2.34. The summed E-state index contributed by atoms with van der Waals surface area (Å²) in [5.74, 6) is 0. The molecule has 0 aliphatic rings. The van der Waals surface area contributed by atoms with E-state index in [0.29, 0.717) is 12.2 Å². The smallest absolute Gasteiger partial charge is 0.0562 e. The zero-order chi connectivity index (χ0) is 12.3. The fourth-order valence-electron chi connectivity index (χ4n) is 1.49. The molecule has 0 bridgehead atoms. The van der Waals surface area contributed by atoms with E-state index in [9.17, 15) is 8.76 Å². The Morgan fingerprint density at radius 2 is 2.06 bits per heavy atom. The highest BCUT2D eigenvalue weighted by Gasteiger charge is 2.10. The van der Waals surface area contributed by atoms with Gasteiger partial charge in [0.25, 0.3) is 0 Å². The van der Waals surface area contributed by atoms with E-state index < -0.39 is 11.3 Å². The van der Waals surface area contributed by atoms with Crippen molar-refractivity contribution in [1.29, 1.82) is 0 Å². The molecular weight excluding hydrogens is 226 g/mol. The SMILES string of the molecule is CCN(NS(=O)[O-])c1ccc(N)c(C)c1C. The molecule has 1 rings (SSSR count). The van der Waals surface area contributed by atoms with Crippen molar-refractivity contribution in [2.75, 3.05) is 17.3 Å². The maximum Gasteiger partial charge on any atom is 0.0562 e. The summed E-state index contributed by atoms with van der Waals surface area (Å²) in [6.45, 7) is 6.23. The third-order valence-electron chi connectivity index (χ3n) is 2.59. The van der Waals surface area contributed by atoms with Crippen LogP contribution in [0.2, 0.25) is 0 Å². The highest BCUT2D eigenvalue weighted by Crippen LogP contribution is 2.25. The molecule has 0 radical (unpaired) electrons. The van der Waals surface area contributed by atoms with E-state index in [-0.39, 0.29) is 0 Å². The number of nitrogens with two attached hydrogens (primary N) is 1. The van der Waals surface area contributed by atoms with Gasteiger partial charge in [0, 0.05) is 23.5 Å². The van der Waals surface area contributed by atoms with Gasteiger partial charge in [0.05, 0.1) is 5.69 Å². The molecule has 5 nitrogen and oxygen atoms in total. The number of hydrogen-bond donors (Lipinski definition) is 2. The Kier molecular flexibility index (Phi) is 4.28. The lowest BCUT2D eigenvalue weighted by molar-refractivity contribution is 0.519. The maximum atomic E-state index is 10.6. The molecule has 90 valence electrons. The average Bonchev–Trinajstić information content (AvgIpc) is 2.23. The van der Waals surface area contributed by atoms with Crippen molar-refractivity contribution >= 4 is 22.6 Å². The summed E-state index contributed by atoms with van der Waals surface area (Å²) in [5, 5.41) is 1.56. The van der Waals surface area contributed by atoms with E-state index in [2.05, 4.69) is 4.83 Å². The van der Waals surface area contributed by atoms with Crippen molar-refractivity contribution in [3.05, 3.63) is 23.3 Å². The number of rotatable bonds is 4. The number of hydrazine groups is 1. The second-order valence-corrected chi connectivity index (χ2v) is 4.15. The lowest BCUT2D eigenvalue weighted by Gasteiger charge is -2.27. The van der Waals surface area contributed by atoms with Crippen molar-refractivity contribution in [2.24, 2.45) is 0 Å². The first-order valence-electron chi connectivity index (χ1n) is 4.96. The minimum Gasteiger partial charge on any atom is -0.759 e. The van der Waals surface area contributed by atoms with Crippen molar-refractivity contribution in [2.45, 2.75) is 20.8 Å². The van der Waals surface area contributed by atoms with Crippen molar-refractivity contribution in [3.63, 3.8) is 0 Å². The molecule has 0 aliphatic heterocycles. The van der Waals surface area contributed by atoms with Crippen LogP contribution in [0.3, 0.4) is 0 Å². The summed E-state index contributed by atoms with van der Waals surface area (Å²) in [6, 6.07) is 3.58. The van der Waals surface area contributed by atoms with Crippen molar-refractivity contribution in [3.8, 4) is 0 Å². The fourth-order valence-corrected chi connectivity index (χ4v) is 1.90. The van der Waals surface area contributed by atoms with E-state index in [1.807, 2.05) is 20.8 Å². The minimum absolute atomic E-state index is 0.540. The van der Waals surface area contributed by atoms with E-state index in [1.165, 1.54) is 0 Å². The van der Waals surface area contributed by atoms with Gasteiger partial charge in [-0.2, -0.15) is 4.83 Å². The van der Waals surface area contributed by atoms with Crippen LogP contribution in [-0.4, -0.2) is 15.3 Å². The van der Waals surface area contributed by atoms with E-state index in [4.69, 9.17) is 5.73 Å². The highest BCUT2D eigenvalue weighted by atomic mass is 32.2. The Hall–Kier alpha value is -1.11. The van der Waals surface area contributed by atoms with Crippen LogP contribution in [0.1, 0.15) is 18.1 Å². The summed E-state index contributed by atoms with van der Waals surface area (Å²) in [5.41, 5.74) is 9.24. The number of anilines is 2. The lowest BCUT2D eigenvalue weighted by Crippen LogP contribution is -2.39. The molecule has 3 N–H and O–H groups in total.